The number of nitrogens with zero attached hydrogens (tertiary/aromatic N) is 2. The van der Waals surface area contributed by atoms with E-state index in [9.17, 15) is 4.32 Å². The molecule has 0 saturated carbocycles. The van der Waals surface area contributed by atoms with Gasteiger partial charge < -0.3 is 23.8 Å². The van der Waals surface area contributed by atoms with Crippen LogP contribution in [0, 0.1) is 0 Å². The third kappa shape index (κ3) is 12.9. The zero-order valence-corrected chi connectivity index (χ0v) is 39.0. The molecule has 4 aliphatic rings. The molecule has 0 fully saturated rings. The van der Waals surface area contributed by atoms with Gasteiger partial charge in [-0.1, -0.05) is 133 Å². The van der Waals surface area contributed by atoms with Crippen molar-refractivity contribution < 1.29 is 33.0 Å². The van der Waals surface area contributed by atoms with E-state index in [1.54, 1.807) is 0 Å². The fourth-order valence-corrected chi connectivity index (χ4v) is 7.62. The lowest BCUT2D eigenvalue weighted by molar-refractivity contribution is -0.463. The van der Waals surface area contributed by atoms with Crippen LogP contribution in [0.25, 0.3) is 22.7 Å². The Labute approximate surface area is 390 Å². The lowest BCUT2D eigenvalue weighted by Crippen LogP contribution is -2.39. The smallest absolute Gasteiger partial charge is 0.202 e. The molecule has 0 atom stereocenters. The molecule has 0 aromatic heterocycles. The van der Waals surface area contributed by atoms with Gasteiger partial charge in [-0.25, -0.2) is 9.15 Å². The molecule has 2 aliphatic carbocycles. The molecule has 4 aromatic rings. The van der Waals surface area contributed by atoms with Crippen molar-refractivity contribution in [3.05, 3.63) is 261 Å². The van der Waals surface area contributed by atoms with Crippen molar-refractivity contribution in [2.75, 3.05) is 28.2 Å². The van der Waals surface area contributed by atoms with Crippen molar-refractivity contribution in [3.8, 4) is 0 Å². The van der Waals surface area contributed by atoms with E-state index in [0.29, 0.717) is 0 Å². The Kier molecular flexibility index (Phi) is 16.8. The third-order valence-corrected chi connectivity index (χ3v) is 11.4. The maximum atomic E-state index is 9.89. The largest absolute Gasteiger partial charge is 0.867 e. The molecule has 0 bridgehead atoms. The van der Waals surface area contributed by atoms with Gasteiger partial charge in [0.25, 0.3) is 0 Å². The van der Waals surface area contributed by atoms with Crippen LogP contribution in [0.2, 0.25) is 0 Å². The van der Waals surface area contributed by atoms with Gasteiger partial charge in [0.2, 0.25) is 11.4 Å². The maximum Gasteiger partial charge on any atom is 0.202 e. The summed E-state index contributed by atoms with van der Waals surface area (Å²) in [6.45, 7) is 8.70. The molecule has 2 aliphatic heterocycles. The van der Waals surface area contributed by atoms with Crippen molar-refractivity contribution in [3.63, 3.8) is 0 Å². The SMILES string of the molecule is CC1=C(C)C(=[N+](C)C)C=CC1=CC=C1C=C(c2ccccc2)C=C(c2ccccc2)O1.CC1=C(C)C(=[N+](C)C)C=CC1=CC=C1C=C(c2ccccc2)C=C(c2ccccc2)O1.[O-]B([O-])F. The molecule has 0 spiro atoms. The molecule has 0 radical (unpaired) electrons. The highest BCUT2D eigenvalue weighted by Crippen LogP contribution is 2.34. The monoisotopic (exact) mass is 874 g/mol. The van der Waals surface area contributed by atoms with Crippen LogP contribution < -0.4 is 10.0 Å². The van der Waals surface area contributed by atoms with Gasteiger partial charge in [0.15, 0.2) is 0 Å². The standard InChI is InChI=1S/2C29H28NO.BFO2/c2*1-21-22(2)28(30(3)4)18-16-23(21)15-17-27-19-26(24-11-7-5-8-12-24)20-29(31-27)25-13-9-6-10-14-25;2-1(3)4/h2*5-20H,1-4H3;/q2*+1;-2. The number of hydrogen-bond acceptors (Lipinski definition) is 4. The molecule has 8 rings (SSSR count). The van der Waals surface area contributed by atoms with Crippen molar-refractivity contribution in [1.82, 2.24) is 0 Å². The van der Waals surface area contributed by atoms with E-state index >= 15 is 0 Å². The molecule has 2 heterocycles. The van der Waals surface area contributed by atoms with Gasteiger partial charge in [-0.3, -0.25) is 0 Å². The Balaban J connectivity index is 0.000000202. The van der Waals surface area contributed by atoms with Crippen molar-refractivity contribution >= 4 is 41.5 Å². The lowest BCUT2D eigenvalue weighted by Gasteiger charge is -2.18. The zero-order chi connectivity index (χ0) is 47.2. The van der Waals surface area contributed by atoms with E-state index < -0.39 is 7.40 Å². The van der Waals surface area contributed by atoms with Crippen molar-refractivity contribution in [2.24, 2.45) is 0 Å². The summed E-state index contributed by atoms with van der Waals surface area (Å²) in [5, 5.41) is 16.6. The molecule has 0 amide bonds. The summed E-state index contributed by atoms with van der Waals surface area (Å²) in [4.78, 5) is 0. The molecule has 0 unspecified atom stereocenters. The van der Waals surface area contributed by atoms with Crippen LogP contribution in [0.3, 0.4) is 0 Å². The summed E-state index contributed by atoms with van der Waals surface area (Å²) in [6.07, 6.45) is 25.6. The Hall–Kier alpha value is -7.39. The number of hydrogen-bond donors (Lipinski definition) is 0. The molecular weight excluding hydrogens is 818 g/mol. The van der Waals surface area contributed by atoms with Crippen LogP contribution in [0.1, 0.15) is 49.9 Å². The van der Waals surface area contributed by atoms with E-state index in [-0.39, 0.29) is 0 Å². The number of ether oxygens (including phenoxy) is 2. The number of benzene rings is 4. The van der Waals surface area contributed by atoms with Gasteiger partial charge >= 0.3 is 0 Å². The first-order valence-corrected chi connectivity index (χ1v) is 21.8. The number of allylic oxidation sites excluding steroid dienone is 20. The average molecular weight is 875 g/mol. The highest BCUT2D eigenvalue weighted by Gasteiger charge is 2.19. The van der Waals surface area contributed by atoms with Crippen LogP contribution in [0.15, 0.2) is 239 Å². The van der Waals surface area contributed by atoms with Gasteiger partial charge in [0.05, 0.1) is 0 Å². The highest BCUT2D eigenvalue weighted by molar-refractivity contribution is 6.27. The minimum Gasteiger partial charge on any atom is -0.867 e. The van der Waals surface area contributed by atoms with E-state index in [1.807, 2.05) is 48.5 Å². The minimum atomic E-state index is -3.17. The minimum absolute atomic E-state index is 0.828. The van der Waals surface area contributed by atoms with Gasteiger partial charge in [-0.2, -0.15) is 0 Å². The zero-order valence-electron chi connectivity index (χ0n) is 39.0. The van der Waals surface area contributed by atoms with Crippen molar-refractivity contribution in [1.29, 1.82) is 0 Å². The maximum absolute atomic E-state index is 9.89. The first kappa shape index (κ1) is 48.1. The molecular formula is C58H56BFN2O4. The second kappa shape index (κ2) is 23.0. The Morgan fingerprint density at radius 2 is 0.727 bits per heavy atom. The normalized spacial score (nSPS) is 18.0. The first-order chi connectivity index (χ1) is 31.8. The summed E-state index contributed by atoms with van der Waals surface area (Å²) in [7, 11) is 5.15. The van der Waals surface area contributed by atoms with Gasteiger partial charge in [0.1, 0.15) is 58.6 Å². The topological polar surface area (TPSA) is 70.6 Å². The molecule has 0 saturated heterocycles. The van der Waals surface area contributed by atoms with Crippen LogP contribution in [0.5, 0.6) is 0 Å². The molecule has 0 N–H and O–H groups in total. The summed E-state index contributed by atoms with van der Waals surface area (Å²) >= 11 is 0. The van der Waals surface area contributed by atoms with E-state index in [1.165, 1.54) is 56.0 Å². The summed E-state index contributed by atoms with van der Waals surface area (Å²) in [5.74, 6) is 3.37. The lowest BCUT2D eigenvalue weighted by atomic mass is 9.92. The van der Waals surface area contributed by atoms with Crippen LogP contribution in [-0.4, -0.2) is 56.2 Å². The highest BCUT2D eigenvalue weighted by atomic mass is 19.1. The summed E-state index contributed by atoms with van der Waals surface area (Å²) in [6, 6.07) is 41.4. The quantitative estimate of drug-likeness (QED) is 0.143. The Bertz CT molecular complexity index is 2660. The van der Waals surface area contributed by atoms with E-state index in [4.69, 9.17) is 19.5 Å². The second-order valence-electron chi connectivity index (χ2n) is 16.3. The fourth-order valence-electron chi connectivity index (χ4n) is 7.62. The second-order valence-corrected chi connectivity index (χ2v) is 16.3. The first-order valence-electron chi connectivity index (χ1n) is 21.8. The summed E-state index contributed by atoms with van der Waals surface area (Å²) in [5.41, 5.74) is 16.8. The third-order valence-electron chi connectivity index (χ3n) is 11.4. The van der Waals surface area contributed by atoms with Crippen LogP contribution >= 0.6 is 0 Å². The van der Waals surface area contributed by atoms with Gasteiger partial charge in [0, 0.05) is 34.4 Å². The van der Waals surface area contributed by atoms with Crippen LogP contribution in [0.4, 0.5) is 4.32 Å². The number of rotatable bonds is 6. The molecule has 66 heavy (non-hydrogen) atoms. The predicted octanol–water partition coefficient (Wildman–Crippen LogP) is 10.8. The van der Waals surface area contributed by atoms with Gasteiger partial charge in [-0.15, -0.1) is 0 Å². The Morgan fingerprint density at radius 3 is 1.03 bits per heavy atom. The Morgan fingerprint density at radius 1 is 0.424 bits per heavy atom. The van der Waals surface area contributed by atoms with Crippen molar-refractivity contribution in [2.45, 2.75) is 27.7 Å². The van der Waals surface area contributed by atoms with E-state index in [0.717, 1.165) is 45.3 Å². The molecule has 8 heteroatoms. The molecule has 4 aromatic carbocycles. The predicted molar refractivity (Wildman–Crippen MR) is 268 cm³/mol. The molecule has 332 valence electrons. The van der Waals surface area contributed by atoms with E-state index in [2.05, 4.69) is 211 Å². The fraction of sp³-hybridized carbons (Fsp3) is 0.138. The molecule has 6 nitrogen and oxygen atoms in total. The van der Waals surface area contributed by atoms with Crippen LogP contribution in [-0.2, 0) is 9.47 Å². The average Bonchev–Trinajstić information content (AvgIpc) is 3.33. The summed E-state index contributed by atoms with van der Waals surface area (Å²) < 4.78 is 26.8. The number of halogens is 1. The van der Waals surface area contributed by atoms with Gasteiger partial charge in [-0.05, 0) is 121 Å².